The lowest BCUT2D eigenvalue weighted by Crippen LogP contribution is -2.43. The summed E-state index contributed by atoms with van der Waals surface area (Å²) in [4.78, 5) is 14.4. The average molecular weight is 288 g/mol. The van der Waals surface area contributed by atoms with Crippen molar-refractivity contribution in [2.75, 3.05) is 13.6 Å². The van der Waals surface area contributed by atoms with Gasteiger partial charge in [0.15, 0.2) is 0 Å². The number of hydrogen-bond acceptors (Lipinski definition) is 2. The van der Waals surface area contributed by atoms with Crippen molar-refractivity contribution in [2.24, 2.45) is 0 Å². The summed E-state index contributed by atoms with van der Waals surface area (Å²) >= 11 is 0. The van der Waals surface area contributed by atoms with E-state index in [0.29, 0.717) is 18.5 Å². The van der Waals surface area contributed by atoms with E-state index in [1.54, 1.807) is 0 Å². The fourth-order valence-corrected chi connectivity index (χ4v) is 3.16. The summed E-state index contributed by atoms with van der Waals surface area (Å²) < 4.78 is 0. The van der Waals surface area contributed by atoms with Gasteiger partial charge in [0.25, 0.3) is 0 Å². The summed E-state index contributed by atoms with van der Waals surface area (Å²) in [5.41, 5.74) is 2.35. The minimum atomic E-state index is 0.241. The third-order valence-corrected chi connectivity index (χ3v) is 4.61. The van der Waals surface area contributed by atoms with Gasteiger partial charge in [0.1, 0.15) is 0 Å². The molecule has 1 fully saturated rings. The van der Waals surface area contributed by atoms with Crippen LogP contribution in [0.4, 0.5) is 0 Å². The van der Waals surface area contributed by atoms with E-state index in [9.17, 15) is 4.79 Å². The van der Waals surface area contributed by atoms with Gasteiger partial charge < -0.3 is 10.2 Å². The third-order valence-electron chi connectivity index (χ3n) is 4.61. The lowest BCUT2D eigenvalue weighted by atomic mass is 9.90. The number of rotatable bonds is 5. The second-order valence-corrected chi connectivity index (χ2v) is 6.23. The Morgan fingerprint density at radius 2 is 1.81 bits per heavy atom. The second kappa shape index (κ2) is 7.60. The molecule has 3 heteroatoms. The normalized spacial score (nSPS) is 22.0. The molecule has 1 aliphatic rings. The van der Waals surface area contributed by atoms with Gasteiger partial charge in [-0.15, -0.1) is 0 Å². The minimum Gasteiger partial charge on any atom is -0.342 e. The molecule has 0 heterocycles. The van der Waals surface area contributed by atoms with Gasteiger partial charge in [-0.2, -0.15) is 0 Å². The number of amides is 1. The van der Waals surface area contributed by atoms with Crippen molar-refractivity contribution in [2.45, 2.75) is 58.0 Å². The summed E-state index contributed by atoms with van der Waals surface area (Å²) in [5.74, 6) is 0.241. The van der Waals surface area contributed by atoms with Crippen molar-refractivity contribution in [3.8, 4) is 0 Å². The molecule has 1 saturated carbocycles. The lowest BCUT2D eigenvalue weighted by Gasteiger charge is -2.35. The Morgan fingerprint density at radius 3 is 2.38 bits per heavy atom. The zero-order valence-electron chi connectivity index (χ0n) is 13.6. The Kier molecular flexibility index (Phi) is 5.80. The molecular weight excluding hydrogens is 260 g/mol. The summed E-state index contributed by atoms with van der Waals surface area (Å²) in [7, 11) is 1.97. The molecule has 0 bridgehead atoms. The van der Waals surface area contributed by atoms with Crippen LogP contribution in [0.15, 0.2) is 24.3 Å². The number of aryl methyl sites for hydroxylation is 1. The Labute approximate surface area is 128 Å². The number of nitrogens with one attached hydrogen (secondary N) is 1. The Morgan fingerprint density at radius 1 is 1.19 bits per heavy atom. The second-order valence-electron chi connectivity index (χ2n) is 6.23. The highest BCUT2D eigenvalue weighted by Gasteiger charge is 2.25. The van der Waals surface area contributed by atoms with Gasteiger partial charge in [-0.25, -0.2) is 0 Å². The molecule has 0 atom stereocenters. The first-order valence-electron chi connectivity index (χ1n) is 8.14. The van der Waals surface area contributed by atoms with Crippen LogP contribution < -0.4 is 5.32 Å². The summed E-state index contributed by atoms with van der Waals surface area (Å²) in [6, 6.07) is 9.32. The summed E-state index contributed by atoms with van der Waals surface area (Å²) in [6.07, 6.45) is 5.12. The Balaban J connectivity index is 1.84. The zero-order valence-corrected chi connectivity index (χ0v) is 13.6. The van der Waals surface area contributed by atoms with Gasteiger partial charge in [-0.1, -0.05) is 36.8 Å². The molecule has 1 amide bonds. The maximum Gasteiger partial charge on any atom is 0.226 e. The molecule has 0 aliphatic heterocycles. The van der Waals surface area contributed by atoms with Crippen molar-refractivity contribution in [1.29, 1.82) is 0 Å². The van der Waals surface area contributed by atoms with E-state index in [1.165, 1.54) is 18.4 Å². The number of carbonyl (C=O) groups is 1. The molecule has 0 saturated heterocycles. The van der Waals surface area contributed by atoms with Gasteiger partial charge in [-0.3, -0.25) is 4.79 Å². The van der Waals surface area contributed by atoms with Crippen LogP contribution in [0.25, 0.3) is 0 Å². The molecule has 0 aromatic heterocycles. The van der Waals surface area contributed by atoms with Crippen LogP contribution in [0.2, 0.25) is 0 Å². The fourth-order valence-electron chi connectivity index (χ4n) is 3.16. The van der Waals surface area contributed by atoms with Crippen LogP contribution in [-0.4, -0.2) is 36.5 Å². The minimum absolute atomic E-state index is 0.241. The highest BCUT2D eigenvalue weighted by molar-refractivity contribution is 5.78. The maximum atomic E-state index is 12.4. The summed E-state index contributed by atoms with van der Waals surface area (Å²) in [6.45, 7) is 5.27. The molecule has 1 aromatic rings. The van der Waals surface area contributed by atoms with Gasteiger partial charge in [0, 0.05) is 19.1 Å². The fraction of sp³-hybridized carbons (Fsp3) is 0.611. The number of likely N-dealkylation sites (N-methyl/N-ethyl adjacent to an activating group) is 1. The molecule has 2 rings (SSSR count). The average Bonchev–Trinajstić information content (AvgIpc) is 2.50. The zero-order chi connectivity index (χ0) is 15.2. The number of nitrogens with zero attached hydrogens (tertiary/aromatic N) is 1. The number of carbonyl (C=O) groups excluding carboxylic acids is 1. The van der Waals surface area contributed by atoms with Crippen molar-refractivity contribution in [3.05, 3.63) is 35.4 Å². The van der Waals surface area contributed by atoms with Gasteiger partial charge in [0.05, 0.1) is 6.42 Å². The molecule has 1 aromatic carbocycles. The highest BCUT2D eigenvalue weighted by Crippen LogP contribution is 2.23. The molecular formula is C18H28N2O. The molecule has 3 nitrogen and oxygen atoms in total. The monoisotopic (exact) mass is 288 g/mol. The topological polar surface area (TPSA) is 32.3 Å². The predicted octanol–water partition coefficient (Wildman–Crippen LogP) is 2.92. The molecule has 1 N–H and O–H groups in total. The molecule has 0 radical (unpaired) electrons. The maximum absolute atomic E-state index is 12.4. The van der Waals surface area contributed by atoms with Crippen LogP contribution in [0.1, 0.15) is 43.7 Å². The predicted molar refractivity (Wildman–Crippen MR) is 87.4 cm³/mol. The SMILES string of the molecule is CCNC1CCC(N(C)C(=O)Cc2ccc(C)cc2)CC1. The summed E-state index contributed by atoms with van der Waals surface area (Å²) in [5, 5.41) is 3.51. The van der Waals surface area contributed by atoms with Crippen molar-refractivity contribution < 1.29 is 4.79 Å². The van der Waals surface area contributed by atoms with Crippen LogP contribution in [-0.2, 0) is 11.2 Å². The van der Waals surface area contributed by atoms with Crippen LogP contribution in [0.5, 0.6) is 0 Å². The van der Waals surface area contributed by atoms with Gasteiger partial charge in [-0.05, 0) is 44.7 Å². The van der Waals surface area contributed by atoms with E-state index < -0.39 is 0 Å². The quantitative estimate of drug-likeness (QED) is 0.903. The molecule has 21 heavy (non-hydrogen) atoms. The van der Waals surface area contributed by atoms with E-state index in [0.717, 1.165) is 24.9 Å². The molecule has 0 spiro atoms. The van der Waals surface area contributed by atoms with E-state index in [-0.39, 0.29) is 5.91 Å². The van der Waals surface area contributed by atoms with Gasteiger partial charge >= 0.3 is 0 Å². The van der Waals surface area contributed by atoms with Crippen molar-refractivity contribution in [3.63, 3.8) is 0 Å². The van der Waals surface area contributed by atoms with E-state index in [1.807, 2.05) is 11.9 Å². The first kappa shape index (κ1) is 16.0. The van der Waals surface area contributed by atoms with Crippen LogP contribution in [0, 0.1) is 6.92 Å². The Bertz CT molecular complexity index is 447. The molecule has 1 aliphatic carbocycles. The van der Waals surface area contributed by atoms with E-state index in [4.69, 9.17) is 0 Å². The highest BCUT2D eigenvalue weighted by atomic mass is 16.2. The first-order valence-corrected chi connectivity index (χ1v) is 8.14. The van der Waals surface area contributed by atoms with Gasteiger partial charge in [0.2, 0.25) is 5.91 Å². The smallest absolute Gasteiger partial charge is 0.226 e. The first-order chi connectivity index (χ1) is 10.1. The number of hydrogen-bond donors (Lipinski definition) is 1. The lowest BCUT2D eigenvalue weighted by molar-refractivity contribution is -0.131. The largest absolute Gasteiger partial charge is 0.342 e. The third kappa shape index (κ3) is 4.57. The Hall–Kier alpha value is -1.35. The van der Waals surface area contributed by atoms with E-state index in [2.05, 4.69) is 43.4 Å². The van der Waals surface area contributed by atoms with Crippen molar-refractivity contribution in [1.82, 2.24) is 10.2 Å². The van der Waals surface area contributed by atoms with Crippen molar-refractivity contribution >= 4 is 5.91 Å². The standard InChI is InChI=1S/C18H28N2O/c1-4-19-16-9-11-17(12-10-16)20(3)18(21)13-15-7-5-14(2)6-8-15/h5-8,16-17,19H,4,9-13H2,1-3H3. The van der Waals surface area contributed by atoms with Crippen LogP contribution >= 0.6 is 0 Å². The molecule has 116 valence electrons. The van der Waals surface area contributed by atoms with Crippen LogP contribution in [0.3, 0.4) is 0 Å². The molecule has 0 unspecified atom stereocenters. The van der Waals surface area contributed by atoms with E-state index >= 15 is 0 Å². The number of benzene rings is 1.